The van der Waals surface area contributed by atoms with E-state index in [0.29, 0.717) is 0 Å². The van der Waals surface area contributed by atoms with Gasteiger partial charge in [0.25, 0.3) is 7.82 Å². The van der Waals surface area contributed by atoms with Crippen molar-refractivity contribution in [3.63, 3.8) is 0 Å². The van der Waals surface area contributed by atoms with Gasteiger partial charge < -0.3 is 14.7 Å². The Morgan fingerprint density at radius 1 is 1.43 bits per heavy atom. The van der Waals surface area contributed by atoms with Gasteiger partial charge in [-0.25, -0.2) is 0 Å². The standard InChI is InChI=1S/Na.H3O4P.Te/c;1-5(2,3)4;/h;(H3,1,2,3,4);/q+1;;/p-1. The van der Waals surface area contributed by atoms with Gasteiger partial charge in [-0.2, -0.15) is 0 Å². The molecule has 4 nitrogen and oxygen atoms in total. The summed E-state index contributed by atoms with van der Waals surface area (Å²) in [4.78, 5) is 22.9. The quantitative estimate of drug-likeness (QED) is 0.332. The van der Waals surface area contributed by atoms with E-state index >= 15 is 0 Å². The van der Waals surface area contributed by atoms with Crippen molar-refractivity contribution in [1.29, 1.82) is 0 Å². The van der Waals surface area contributed by atoms with Crippen molar-refractivity contribution in [1.82, 2.24) is 0 Å². The Kier molecular flexibility index (Phi) is 13.7. The van der Waals surface area contributed by atoms with Crippen LogP contribution in [0.5, 0.6) is 0 Å². The monoisotopic (exact) mass is 250 g/mol. The van der Waals surface area contributed by atoms with Crippen LogP contribution in [-0.2, 0) is 4.57 Å². The van der Waals surface area contributed by atoms with Crippen LogP contribution < -0.4 is 34.5 Å². The first-order valence-corrected chi connectivity index (χ1v) is 2.30. The van der Waals surface area contributed by atoms with E-state index in [0.717, 1.165) is 0 Å². The van der Waals surface area contributed by atoms with Crippen LogP contribution in [0.3, 0.4) is 0 Å². The van der Waals surface area contributed by atoms with Crippen LogP contribution in [0.25, 0.3) is 0 Å². The third-order valence-corrected chi connectivity index (χ3v) is 0. The van der Waals surface area contributed by atoms with E-state index in [9.17, 15) is 0 Å². The average Bonchev–Trinajstić information content (AvgIpc) is 0.722. The van der Waals surface area contributed by atoms with E-state index in [1.165, 1.54) is 0 Å². The zero-order valence-corrected chi connectivity index (χ0v) is 8.79. The molecular formula is H2NaO4PTe. The molecule has 0 aromatic heterocycles. The number of hydrogen-bond acceptors (Lipinski definition) is 2. The molecule has 0 aromatic carbocycles. The van der Waals surface area contributed by atoms with Crippen molar-refractivity contribution in [2.45, 2.75) is 0 Å². The van der Waals surface area contributed by atoms with E-state index in [1.807, 2.05) is 0 Å². The summed E-state index contributed by atoms with van der Waals surface area (Å²) in [6, 6.07) is 0. The van der Waals surface area contributed by atoms with Gasteiger partial charge in [0.1, 0.15) is 0 Å². The molecule has 0 spiro atoms. The molecule has 0 aliphatic rings. The van der Waals surface area contributed by atoms with Crippen LogP contribution in [0.15, 0.2) is 0 Å². The van der Waals surface area contributed by atoms with Crippen LogP contribution in [-0.4, -0.2) is 33.5 Å². The van der Waals surface area contributed by atoms with E-state index < -0.39 is 7.82 Å². The smallest absolute Gasteiger partial charge is 0.756 e. The molecule has 0 unspecified atom stereocenters. The first kappa shape index (κ1) is 16.0. The Balaban J connectivity index is -0.0000000800. The van der Waals surface area contributed by atoms with Crippen molar-refractivity contribution in [2.75, 3.05) is 0 Å². The van der Waals surface area contributed by atoms with Crippen LogP contribution in [0.1, 0.15) is 0 Å². The van der Waals surface area contributed by atoms with Gasteiger partial charge in [-0.05, 0) is 0 Å². The molecular weight excluding hydrogens is 246 g/mol. The van der Waals surface area contributed by atoms with Crippen LogP contribution in [0.4, 0.5) is 0 Å². The first-order valence-electron chi connectivity index (χ1n) is 0.765. The van der Waals surface area contributed by atoms with Gasteiger partial charge in [-0.3, -0.25) is 4.57 Å². The van der Waals surface area contributed by atoms with Crippen molar-refractivity contribution >= 4 is 31.5 Å². The van der Waals surface area contributed by atoms with Gasteiger partial charge >= 0.3 is 29.6 Å². The fraction of sp³-hybridized carbons (Fsp3) is 0. The third-order valence-electron chi connectivity index (χ3n) is 0. The topological polar surface area (TPSA) is 80.6 Å². The molecule has 7 heavy (non-hydrogen) atoms. The van der Waals surface area contributed by atoms with E-state index in [1.54, 1.807) is 0 Å². The number of phosphoric acid groups is 1. The molecule has 0 saturated carbocycles. The number of rotatable bonds is 0. The second-order valence-electron chi connectivity index (χ2n) is 0.491. The van der Waals surface area contributed by atoms with Crippen molar-refractivity contribution in [3.8, 4) is 0 Å². The molecule has 0 bridgehead atoms. The minimum Gasteiger partial charge on any atom is -0.756 e. The first-order chi connectivity index (χ1) is 2.00. The van der Waals surface area contributed by atoms with Crippen LogP contribution >= 0.6 is 7.82 Å². The molecule has 38 valence electrons. The van der Waals surface area contributed by atoms with Gasteiger partial charge in [-0.1, -0.05) is 0 Å². The number of hydrogen-bond donors (Lipinski definition) is 2. The molecule has 0 rings (SSSR count). The zero-order valence-electron chi connectivity index (χ0n) is 3.57. The Labute approximate surface area is 79.6 Å². The molecule has 7 heteroatoms. The molecule has 0 saturated heterocycles. The Hall–Kier alpha value is 1.90. The summed E-state index contributed by atoms with van der Waals surface area (Å²) in [5.74, 6) is 0. The van der Waals surface area contributed by atoms with E-state index in [-0.39, 0.29) is 53.2 Å². The molecule has 2 radical (unpaired) electrons. The summed E-state index contributed by atoms with van der Waals surface area (Å²) < 4.78 is 8.77. The average molecular weight is 248 g/mol. The summed E-state index contributed by atoms with van der Waals surface area (Å²) >= 11 is 0. The summed E-state index contributed by atoms with van der Waals surface area (Å²) in [6.07, 6.45) is 0. The molecule has 2 N–H and O–H groups in total. The fourth-order valence-corrected chi connectivity index (χ4v) is 0. The summed E-state index contributed by atoms with van der Waals surface area (Å²) in [6.45, 7) is 0. The third kappa shape index (κ3) is 76.2. The normalized spacial score (nSPS) is 8.43. The zero-order chi connectivity index (χ0) is 4.50. The maximum Gasteiger partial charge on any atom is 1.00 e. The fourth-order valence-electron chi connectivity index (χ4n) is 0. The maximum absolute atomic E-state index is 8.77. The summed E-state index contributed by atoms with van der Waals surface area (Å²) in [5.41, 5.74) is 0. The second kappa shape index (κ2) is 6.03. The van der Waals surface area contributed by atoms with Gasteiger partial charge in [-0.15, -0.1) is 0 Å². The molecule has 0 aliphatic carbocycles. The minimum absolute atomic E-state index is 0. The molecule has 0 atom stereocenters. The summed E-state index contributed by atoms with van der Waals surface area (Å²) in [7, 11) is -4.89. The van der Waals surface area contributed by atoms with Crippen molar-refractivity contribution in [2.24, 2.45) is 0 Å². The molecule has 0 fully saturated rings. The van der Waals surface area contributed by atoms with Gasteiger partial charge in [0.05, 0.1) is 0 Å². The van der Waals surface area contributed by atoms with Crippen molar-refractivity contribution in [3.05, 3.63) is 0 Å². The molecule has 0 aliphatic heterocycles. The Morgan fingerprint density at radius 3 is 1.43 bits per heavy atom. The van der Waals surface area contributed by atoms with Crippen LogP contribution in [0.2, 0.25) is 0 Å². The Morgan fingerprint density at radius 2 is 1.43 bits per heavy atom. The second-order valence-corrected chi connectivity index (χ2v) is 1.47. The summed E-state index contributed by atoms with van der Waals surface area (Å²) in [5, 5.41) is 0. The largest absolute Gasteiger partial charge is 1.00 e. The maximum atomic E-state index is 8.77. The van der Waals surface area contributed by atoms with Gasteiger partial charge in [0.15, 0.2) is 0 Å². The van der Waals surface area contributed by atoms with Gasteiger partial charge in [0.2, 0.25) is 0 Å². The predicted octanol–water partition coefficient (Wildman–Crippen LogP) is -4.94. The van der Waals surface area contributed by atoms with E-state index in [2.05, 4.69) is 0 Å². The van der Waals surface area contributed by atoms with Crippen molar-refractivity contribution < 1.29 is 48.8 Å². The molecule has 0 amide bonds. The van der Waals surface area contributed by atoms with Gasteiger partial charge in [0, 0.05) is 23.7 Å². The SMILES string of the molecule is O=P([O-])(O)O.[Na+].[Te]. The minimum atomic E-state index is -4.89. The predicted molar refractivity (Wildman–Crippen MR) is 17.8 cm³/mol. The van der Waals surface area contributed by atoms with Crippen LogP contribution in [0, 0.1) is 0 Å². The Bertz CT molecular complexity index is 57.8. The molecule has 0 aromatic rings. The van der Waals surface area contributed by atoms with E-state index in [4.69, 9.17) is 19.2 Å². The molecule has 0 heterocycles.